The van der Waals surface area contributed by atoms with Crippen molar-refractivity contribution in [2.75, 3.05) is 29.9 Å². The summed E-state index contributed by atoms with van der Waals surface area (Å²) in [7, 11) is -3.58. The highest BCUT2D eigenvalue weighted by Gasteiger charge is 2.30. The number of hydrogen-bond donors (Lipinski definition) is 1. The first kappa shape index (κ1) is 22.8. The fourth-order valence-electron chi connectivity index (χ4n) is 3.51. The zero-order chi connectivity index (χ0) is 22.8. The van der Waals surface area contributed by atoms with Crippen molar-refractivity contribution in [3.05, 3.63) is 48.0 Å². The fourth-order valence-corrected chi connectivity index (χ4v) is 4.97. The molecule has 0 saturated heterocycles. The summed E-state index contributed by atoms with van der Waals surface area (Å²) in [5.74, 6) is 0.0398. The SMILES string of the molecule is CCN1C(=O)C(C)Oc2cc(NC(=O)c3ccc(S(=O)(=O)N(CC)CC)cc3)ccc21. The standard InChI is InChI=1S/C22H27N3O5S/c1-5-24(6-2)31(28,29)18-11-8-16(9-12-18)21(26)23-17-10-13-19-20(14-17)30-15(4)22(27)25(19)7-3/h8-15H,5-7H2,1-4H3,(H,23,26). The fraction of sp³-hybridized carbons (Fsp3) is 0.364. The monoisotopic (exact) mass is 445 g/mol. The lowest BCUT2D eigenvalue weighted by Gasteiger charge is -2.32. The number of likely N-dealkylation sites (N-methyl/N-ethyl adjacent to an activating group) is 1. The van der Waals surface area contributed by atoms with Crippen LogP contribution in [0.2, 0.25) is 0 Å². The minimum absolute atomic E-state index is 0.105. The molecule has 3 rings (SSSR count). The van der Waals surface area contributed by atoms with Crippen LogP contribution in [0.1, 0.15) is 38.1 Å². The highest BCUT2D eigenvalue weighted by atomic mass is 32.2. The molecule has 1 atom stereocenters. The summed E-state index contributed by atoms with van der Waals surface area (Å²) in [5, 5.41) is 2.79. The molecule has 0 saturated carbocycles. The van der Waals surface area contributed by atoms with Crippen LogP contribution in [0.25, 0.3) is 0 Å². The Bertz CT molecular complexity index is 1080. The largest absolute Gasteiger partial charge is 0.479 e. The van der Waals surface area contributed by atoms with E-state index in [2.05, 4.69) is 5.32 Å². The Morgan fingerprint density at radius 3 is 2.32 bits per heavy atom. The van der Waals surface area contributed by atoms with Crippen LogP contribution >= 0.6 is 0 Å². The van der Waals surface area contributed by atoms with Crippen LogP contribution in [-0.4, -0.2) is 50.3 Å². The van der Waals surface area contributed by atoms with E-state index in [1.165, 1.54) is 28.6 Å². The van der Waals surface area contributed by atoms with Crippen LogP contribution in [0.4, 0.5) is 11.4 Å². The lowest BCUT2D eigenvalue weighted by Crippen LogP contribution is -2.44. The van der Waals surface area contributed by atoms with Crippen molar-refractivity contribution in [2.45, 2.75) is 38.7 Å². The molecule has 31 heavy (non-hydrogen) atoms. The van der Waals surface area contributed by atoms with Gasteiger partial charge in [0.15, 0.2) is 6.10 Å². The summed E-state index contributed by atoms with van der Waals surface area (Å²) >= 11 is 0. The van der Waals surface area contributed by atoms with Crippen LogP contribution in [0.3, 0.4) is 0 Å². The maximum Gasteiger partial charge on any atom is 0.267 e. The lowest BCUT2D eigenvalue weighted by atomic mass is 10.1. The van der Waals surface area contributed by atoms with Gasteiger partial charge in [0, 0.05) is 37.0 Å². The van der Waals surface area contributed by atoms with E-state index in [0.29, 0.717) is 42.3 Å². The number of benzene rings is 2. The van der Waals surface area contributed by atoms with Crippen molar-refractivity contribution in [2.24, 2.45) is 0 Å². The van der Waals surface area contributed by atoms with Crippen molar-refractivity contribution >= 4 is 33.2 Å². The molecule has 1 aliphatic heterocycles. The zero-order valence-electron chi connectivity index (χ0n) is 18.1. The molecule has 2 amide bonds. The molecular weight excluding hydrogens is 418 g/mol. The van der Waals surface area contributed by atoms with E-state index in [1.54, 1.807) is 43.9 Å². The molecule has 1 aliphatic rings. The van der Waals surface area contributed by atoms with Gasteiger partial charge < -0.3 is 15.0 Å². The highest BCUT2D eigenvalue weighted by Crippen LogP contribution is 2.36. The summed E-state index contributed by atoms with van der Waals surface area (Å²) in [4.78, 5) is 26.7. The molecule has 1 heterocycles. The van der Waals surface area contributed by atoms with Crippen LogP contribution < -0.4 is 15.0 Å². The molecular formula is C22H27N3O5S. The first-order valence-electron chi connectivity index (χ1n) is 10.3. The van der Waals surface area contributed by atoms with Crippen LogP contribution in [-0.2, 0) is 14.8 Å². The predicted octanol–water partition coefficient (Wildman–Crippen LogP) is 3.10. The number of nitrogens with one attached hydrogen (secondary N) is 1. The van der Waals surface area contributed by atoms with Gasteiger partial charge in [0.2, 0.25) is 10.0 Å². The number of carbonyl (C=O) groups excluding carboxylic acids is 2. The average molecular weight is 446 g/mol. The Morgan fingerprint density at radius 1 is 1.10 bits per heavy atom. The third-order valence-corrected chi connectivity index (χ3v) is 7.27. The van der Waals surface area contributed by atoms with Crippen molar-refractivity contribution in [1.82, 2.24) is 4.31 Å². The summed E-state index contributed by atoms with van der Waals surface area (Å²) in [6.45, 7) is 8.41. The third kappa shape index (κ3) is 4.42. The van der Waals surface area contributed by atoms with Crippen molar-refractivity contribution < 1.29 is 22.7 Å². The van der Waals surface area contributed by atoms with Gasteiger partial charge in [-0.05, 0) is 50.2 Å². The second-order valence-corrected chi connectivity index (χ2v) is 9.03. The molecule has 0 aromatic heterocycles. The summed E-state index contributed by atoms with van der Waals surface area (Å²) in [6.07, 6.45) is -0.598. The smallest absolute Gasteiger partial charge is 0.267 e. The maximum atomic E-state index is 12.6. The number of amides is 2. The summed E-state index contributed by atoms with van der Waals surface area (Å²) in [6, 6.07) is 11.0. The quantitative estimate of drug-likeness (QED) is 0.707. The molecule has 0 fully saturated rings. The molecule has 2 aromatic rings. The Balaban J connectivity index is 1.78. The van der Waals surface area contributed by atoms with Gasteiger partial charge in [0.25, 0.3) is 11.8 Å². The average Bonchev–Trinajstić information content (AvgIpc) is 2.75. The Morgan fingerprint density at radius 2 is 1.74 bits per heavy atom. The molecule has 9 heteroatoms. The summed E-state index contributed by atoms with van der Waals surface area (Å²) in [5.41, 5.74) is 1.51. The van der Waals surface area contributed by atoms with Gasteiger partial charge in [-0.25, -0.2) is 8.42 Å². The molecule has 1 N–H and O–H groups in total. The molecule has 166 valence electrons. The molecule has 0 spiro atoms. The molecule has 8 nitrogen and oxygen atoms in total. The van der Waals surface area contributed by atoms with E-state index < -0.39 is 16.1 Å². The van der Waals surface area contributed by atoms with Crippen molar-refractivity contribution in [1.29, 1.82) is 0 Å². The van der Waals surface area contributed by atoms with Gasteiger partial charge in [0.1, 0.15) is 5.75 Å². The number of ether oxygens (including phenoxy) is 1. The van der Waals surface area contributed by atoms with Crippen molar-refractivity contribution in [3.63, 3.8) is 0 Å². The van der Waals surface area contributed by atoms with E-state index in [9.17, 15) is 18.0 Å². The van der Waals surface area contributed by atoms with Gasteiger partial charge in [-0.15, -0.1) is 0 Å². The second-order valence-electron chi connectivity index (χ2n) is 7.09. The normalized spacial score (nSPS) is 16.1. The van der Waals surface area contributed by atoms with Crippen LogP contribution in [0.15, 0.2) is 47.4 Å². The second kappa shape index (κ2) is 9.07. The number of nitrogens with zero attached hydrogens (tertiary/aromatic N) is 2. The lowest BCUT2D eigenvalue weighted by molar-refractivity contribution is -0.125. The van der Waals surface area contributed by atoms with Gasteiger partial charge in [-0.3, -0.25) is 9.59 Å². The van der Waals surface area contributed by atoms with Gasteiger partial charge >= 0.3 is 0 Å². The van der Waals surface area contributed by atoms with E-state index in [1.807, 2.05) is 6.92 Å². The number of carbonyl (C=O) groups is 2. The Kier molecular flexibility index (Phi) is 6.66. The van der Waals surface area contributed by atoms with Gasteiger partial charge in [0.05, 0.1) is 10.6 Å². The summed E-state index contributed by atoms with van der Waals surface area (Å²) < 4.78 is 32.2. The highest BCUT2D eigenvalue weighted by molar-refractivity contribution is 7.89. The molecule has 0 radical (unpaired) electrons. The van der Waals surface area contributed by atoms with E-state index in [0.717, 1.165) is 0 Å². The first-order chi connectivity index (χ1) is 14.7. The van der Waals surface area contributed by atoms with Crippen LogP contribution in [0, 0.1) is 0 Å². The van der Waals surface area contributed by atoms with Gasteiger partial charge in [-0.1, -0.05) is 13.8 Å². The number of fused-ring (bicyclic) bond motifs is 1. The number of hydrogen-bond acceptors (Lipinski definition) is 5. The van der Waals surface area contributed by atoms with Crippen molar-refractivity contribution in [3.8, 4) is 5.75 Å². The Hall–Kier alpha value is -2.91. The Labute approximate surface area is 182 Å². The maximum absolute atomic E-state index is 12.6. The molecule has 1 unspecified atom stereocenters. The minimum atomic E-state index is -3.58. The van der Waals surface area contributed by atoms with Gasteiger partial charge in [-0.2, -0.15) is 4.31 Å². The number of rotatable bonds is 7. The van der Waals surface area contributed by atoms with Crippen LogP contribution in [0.5, 0.6) is 5.75 Å². The minimum Gasteiger partial charge on any atom is -0.479 e. The molecule has 2 aromatic carbocycles. The van der Waals surface area contributed by atoms with E-state index in [4.69, 9.17) is 4.74 Å². The van der Waals surface area contributed by atoms with E-state index in [-0.39, 0.29) is 16.7 Å². The molecule has 0 aliphatic carbocycles. The molecule has 0 bridgehead atoms. The number of sulfonamides is 1. The van der Waals surface area contributed by atoms with E-state index >= 15 is 0 Å². The predicted molar refractivity (Wildman–Crippen MR) is 119 cm³/mol. The topological polar surface area (TPSA) is 96.0 Å². The zero-order valence-corrected chi connectivity index (χ0v) is 18.9. The third-order valence-electron chi connectivity index (χ3n) is 5.20. The first-order valence-corrected chi connectivity index (χ1v) is 11.7. The number of anilines is 2.